The maximum atomic E-state index is 12.6. The zero-order chi connectivity index (χ0) is 20.9. The highest BCUT2D eigenvalue weighted by Gasteiger charge is 2.14. The van der Waals surface area contributed by atoms with Gasteiger partial charge in [0, 0.05) is 30.7 Å². The van der Waals surface area contributed by atoms with E-state index in [0.717, 1.165) is 17.2 Å². The highest BCUT2D eigenvalue weighted by Crippen LogP contribution is 2.16. The molecule has 1 amide bonds. The summed E-state index contributed by atoms with van der Waals surface area (Å²) >= 11 is 0. The van der Waals surface area contributed by atoms with Crippen molar-refractivity contribution in [3.8, 4) is 11.5 Å². The fourth-order valence-corrected chi connectivity index (χ4v) is 2.98. The molecule has 3 heterocycles. The number of benzene rings is 1. The quantitative estimate of drug-likeness (QED) is 0.431. The number of nitrogens with one attached hydrogen (secondary N) is 3. The van der Waals surface area contributed by atoms with Gasteiger partial charge in [-0.2, -0.15) is 5.10 Å². The van der Waals surface area contributed by atoms with Gasteiger partial charge in [0.15, 0.2) is 11.6 Å². The van der Waals surface area contributed by atoms with Crippen LogP contribution in [-0.4, -0.2) is 40.8 Å². The molecule has 0 aliphatic rings. The van der Waals surface area contributed by atoms with E-state index in [-0.39, 0.29) is 11.9 Å². The molecule has 0 spiro atoms. The van der Waals surface area contributed by atoms with Crippen LogP contribution in [0.2, 0.25) is 0 Å². The number of aromatic amines is 1. The van der Waals surface area contributed by atoms with E-state index in [1.165, 1.54) is 6.33 Å². The van der Waals surface area contributed by atoms with Crippen molar-refractivity contribution in [2.24, 2.45) is 7.05 Å². The first-order valence-electron chi connectivity index (χ1n) is 9.40. The van der Waals surface area contributed by atoms with Crippen molar-refractivity contribution in [1.29, 1.82) is 0 Å². The number of rotatable bonds is 7. The van der Waals surface area contributed by atoms with Crippen molar-refractivity contribution in [2.75, 3.05) is 5.32 Å². The third-order valence-corrected chi connectivity index (χ3v) is 4.69. The Labute approximate surface area is 172 Å². The number of nitrogens with zero attached hydrogens (tertiary/aromatic N) is 6. The summed E-state index contributed by atoms with van der Waals surface area (Å²) < 4.78 is 1.87. The van der Waals surface area contributed by atoms with Crippen molar-refractivity contribution in [3.05, 3.63) is 72.2 Å². The smallest absolute Gasteiger partial charge is 0.251 e. The van der Waals surface area contributed by atoms with Crippen LogP contribution in [0.25, 0.3) is 11.5 Å². The highest BCUT2D eigenvalue weighted by molar-refractivity contribution is 5.95. The van der Waals surface area contributed by atoms with Gasteiger partial charge in [-0.3, -0.25) is 9.89 Å². The number of carbonyl (C=O) groups excluding carboxylic acids is 1. The maximum Gasteiger partial charge on any atom is 0.251 e. The average molecular weight is 403 g/mol. The number of hydrogen-bond donors (Lipinski definition) is 3. The van der Waals surface area contributed by atoms with Crippen LogP contribution in [-0.2, 0) is 13.6 Å². The lowest BCUT2D eigenvalue weighted by molar-refractivity contribution is 0.0939. The normalized spacial score (nSPS) is 11.8. The molecule has 0 bridgehead atoms. The van der Waals surface area contributed by atoms with Crippen LogP contribution < -0.4 is 10.6 Å². The van der Waals surface area contributed by atoms with E-state index in [1.54, 1.807) is 30.6 Å². The van der Waals surface area contributed by atoms with Gasteiger partial charge in [-0.1, -0.05) is 6.07 Å². The van der Waals surface area contributed by atoms with Crippen molar-refractivity contribution >= 4 is 11.6 Å². The van der Waals surface area contributed by atoms with Crippen molar-refractivity contribution in [2.45, 2.75) is 19.5 Å². The number of carbonyl (C=O) groups is 1. The van der Waals surface area contributed by atoms with Crippen molar-refractivity contribution in [3.63, 3.8) is 0 Å². The number of hydrogen-bond acceptors (Lipinski definition) is 7. The van der Waals surface area contributed by atoms with E-state index in [4.69, 9.17) is 0 Å². The zero-order valence-corrected chi connectivity index (χ0v) is 16.6. The van der Waals surface area contributed by atoms with Gasteiger partial charge < -0.3 is 15.2 Å². The fraction of sp³-hybridized carbons (Fsp3) is 0.200. The Morgan fingerprint density at radius 2 is 2.10 bits per heavy atom. The Kier molecular flexibility index (Phi) is 5.46. The van der Waals surface area contributed by atoms with Gasteiger partial charge in [-0.25, -0.2) is 9.97 Å². The van der Waals surface area contributed by atoms with E-state index < -0.39 is 0 Å². The molecule has 1 aromatic carbocycles. The van der Waals surface area contributed by atoms with E-state index in [2.05, 4.69) is 41.0 Å². The molecule has 0 saturated carbocycles. The number of amides is 1. The molecule has 10 nitrogen and oxygen atoms in total. The predicted molar refractivity (Wildman–Crippen MR) is 110 cm³/mol. The Balaban J connectivity index is 1.41. The third kappa shape index (κ3) is 4.17. The molecule has 30 heavy (non-hydrogen) atoms. The zero-order valence-electron chi connectivity index (χ0n) is 16.6. The molecule has 152 valence electrons. The second-order valence-corrected chi connectivity index (χ2v) is 6.73. The second kappa shape index (κ2) is 8.52. The standard InChI is InChI=1S/C20H21N9O/c1-13(16-7-9-24-26-16)25-20(30)14-4-3-5-15(10-14)22-11-18-27-28-19(29(18)2)17-6-8-21-12-23-17/h3-10,12-13,22H,11H2,1-2H3,(H,24,26)(H,25,30). The summed E-state index contributed by atoms with van der Waals surface area (Å²) in [7, 11) is 1.88. The molecule has 1 atom stereocenters. The highest BCUT2D eigenvalue weighted by atomic mass is 16.1. The van der Waals surface area contributed by atoms with Crippen LogP contribution >= 0.6 is 0 Å². The molecule has 4 rings (SSSR count). The van der Waals surface area contributed by atoms with Gasteiger partial charge in [-0.15, -0.1) is 10.2 Å². The molecule has 0 aliphatic carbocycles. The predicted octanol–water partition coefficient (Wildman–Crippen LogP) is 2.10. The van der Waals surface area contributed by atoms with Gasteiger partial charge in [0.25, 0.3) is 5.91 Å². The average Bonchev–Trinajstić information content (AvgIpc) is 3.43. The van der Waals surface area contributed by atoms with E-state index in [0.29, 0.717) is 23.6 Å². The summed E-state index contributed by atoms with van der Waals surface area (Å²) in [6.45, 7) is 2.35. The number of aromatic nitrogens is 7. The number of anilines is 1. The fourth-order valence-electron chi connectivity index (χ4n) is 2.98. The summed E-state index contributed by atoms with van der Waals surface area (Å²) in [6.07, 6.45) is 4.80. The summed E-state index contributed by atoms with van der Waals surface area (Å²) in [5, 5.41) is 21.5. The first-order valence-corrected chi connectivity index (χ1v) is 9.40. The van der Waals surface area contributed by atoms with E-state index >= 15 is 0 Å². The lowest BCUT2D eigenvalue weighted by atomic mass is 10.1. The molecule has 3 aromatic heterocycles. The molecule has 4 aromatic rings. The molecule has 0 saturated heterocycles. The first kappa shape index (κ1) is 19.2. The minimum atomic E-state index is -0.171. The van der Waals surface area contributed by atoms with Crippen LogP contribution in [0.5, 0.6) is 0 Å². The molecule has 1 unspecified atom stereocenters. The van der Waals surface area contributed by atoms with Crippen LogP contribution in [0.3, 0.4) is 0 Å². The van der Waals surface area contributed by atoms with Gasteiger partial charge in [0.1, 0.15) is 12.0 Å². The Bertz CT molecular complexity index is 1120. The summed E-state index contributed by atoms with van der Waals surface area (Å²) in [4.78, 5) is 20.7. The Morgan fingerprint density at radius 1 is 1.20 bits per heavy atom. The molecular formula is C20H21N9O. The summed E-state index contributed by atoms with van der Waals surface area (Å²) in [6, 6.07) is 10.8. The largest absolute Gasteiger partial charge is 0.378 e. The Morgan fingerprint density at radius 3 is 2.87 bits per heavy atom. The maximum absolute atomic E-state index is 12.6. The topological polar surface area (TPSA) is 126 Å². The van der Waals surface area contributed by atoms with E-state index in [9.17, 15) is 4.79 Å². The van der Waals surface area contributed by atoms with Gasteiger partial charge >= 0.3 is 0 Å². The van der Waals surface area contributed by atoms with Gasteiger partial charge in [0.05, 0.1) is 18.3 Å². The molecule has 0 aliphatic heterocycles. The van der Waals surface area contributed by atoms with Crippen LogP contribution in [0.1, 0.15) is 34.8 Å². The first-order chi connectivity index (χ1) is 14.6. The summed E-state index contributed by atoms with van der Waals surface area (Å²) in [5.41, 5.74) is 2.92. The molecular weight excluding hydrogens is 382 g/mol. The van der Waals surface area contributed by atoms with Gasteiger partial charge in [-0.05, 0) is 37.3 Å². The summed E-state index contributed by atoms with van der Waals surface area (Å²) in [5.74, 6) is 1.24. The molecule has 10 heteroatoms. The van der Waals surface area contributed by atoms with Crippen LogP contribution in [0, 0.1) is 0 Å². The minimum Gasteiger partial charge on any atom is -0.378 e. The van der Waals surface area contributed by atoms with Gasteiger partial charge in [0.2, 0.25) is 0 Å². The molecule has 0 radical (unpaired) electrons. The monoisotopic (exact) mass is 403 g/mol. The lowest BCUT2D eigenvalue weighted by Crippen LogP contribution is -2.26. The van der Waals surface area contributed by atoms with Crippen LogP contribution in [0.4, 0.5) is 5.69 Å². The van der Waals surface area contributed by atoms with Crippen molar-refractivity contribution < 1.29 is 4.79 Å². The SMILES string of the molecule is CC(NC(=O)c1cccc(NCc2nnc(-c3ccncn3)n2C)c1)c1ccn[nH]1. The Hall–Kier alpha value is -4.08. The molecule has 3 N–H and O–H groups in total. The molecule has 0 fully saturated rings. The second-order valence-electron chi connectivity index (χ2n) is 6.73. The minimum absolute atomic E-state index is 0.162. The lowest BCUT2D eigenvalue weighted by Gasteiger charge is -2.13. The van der Waals surface area contributed by atoms with E-state index in [1.807, 2.05) is 36.7 Å². The van der Waals surface area contributed by atoms with Crippen LogP contribution in [0.15, 0.2) is 55.1 Å². The number of H-pyrrole nitrogens is 1. The van der Waals surface area contributed by atoms with Crippen molar-refractivity contribution in [1.82, 2.24) is 40.2 Å². The third-order valence-electron chi connectivity index (χ3n) is 4.69.